The van der Waals surface area contributed by atoms with Crippen LogP contribution in [0.3, 0.4) is 0 Å². The Morgan fingerprint density at radius 1 is 1.47 bits per heavy atom. The summed E-state index contributed by atoms with van der Waals surface area (Å²) in [5, 5.41) is 2.67. The minimum absolute atomic E-state index is 0.0145. The molecule has 1 N–H and O–H groups in total. The number of hydrogen-bond acceptors (Lipinski definition) is 5. The standard InChI is InChI=1S/C13H13FN2O3/c1-3-18-12(17)11-8(2)15-13(19-11)16-10-7-5-4-6-9(10)14/h4-7H,3H2,1-2H3,(H,15,16). The molecule has 0 aliphatic heterocycles. The number of nitrogens with one attached hydrogen (secondary N) is 1. The van der Waals surface area contributed by atoms with E-state index in [1.807, 2.05) is 0 Å². The van der Waals surface area contributed by atoms with Crippen LogP contribution in [0.2, 0.25) is 0 Å². The molecule has 2 rings (SSSR count). The van der Waals surface area contributed by atoms with Crippen molar-refractivity contribution in [1.29, 1.82) is 0 Å². The van der Waals surface area contributed by atoms with Gasteiger partial charge in [-0.25, -0.2) is 9.18 Å². The predicted molar refractivity (Wildman–Crippen MR) is 66.9 cm³/mol. The van der Waals surface area contributed by atoms with E-state index in [1.54, 1.807) is 32.0 Å². The van der Waals surface area contributed by atoms with Gasteiger partial charge in [-0.15, -0.1) is 0 Å². The quantitative estimate of drug-likeness (QED) is 0.860. The van der Waals surface area contributed by atoms with E-state index >= 15 is 0 Å². The first-order valence-corrected chi connectivity index (χ1v) is 5.78. The van der Waals surface area contributed by atoms with Crippen LogP contribution in [0.1, 0.15) is 23.2 Å². The van der Waals surface area contributed by atoms with E-state index in [0.29, 0.717) is 5.69 Å². The first-order valence-electron chi connectivity index (χ1n) is 5.78. The number of halogens is 1. The summed E-state index contributed by atoms with van der Waals surface area (Å²) in [7, 11) is 0. The molecule has 1 heterocycles. The smallest absolute Gasteiger partial charge is 0.376 e. The number of carbonyl (C=O) groups is 1. The summed E-state index contributed by atoms with van der Waals surface area (Å²) in [5.41, 5.74) is 0.608. The summed E-state index contributed by atoms with van der Waals surface area (Å²) in [6.45, 7) is 3.56. The Kier molecular flexibility index (Phi) is 3.79. The molecule has 0 amide bonds. The Balaban J connectivity index is 2.21. The van der Waals surface area contributed by atoms with Crippen LogP contribution in [0.25, 0.3) is 0 Å². The van der Waals surface area contributed by atoms with Gasteiger partial charge in [-0.05, 0) is 26.0 Å². The Morgan fingerprint density at radius 2 is 2.21 bits per heavy atom. The number of nitrogens with zero attached hydrogens (tertiary/aromatic N) is 1. The zero-order valence-electron chi connectivity index (χ0n) is 10.6. The molecule has 0 fully saturated rings. The Labute approximate surface area is 109 Å². The summed E-state index contributed by atoms with van der Waals surface area (Å²) in [4.78, 5) is 15.5. The lowest BCUT2D eigenvalue weighted by molar-refractivity contribution is 0.0490. The lowest BCUT2D eigenvalue weighted by Crippen LogP contribution is -2.04. The average Bonchev–Trinajstić information content (AvgIpc) is 2.74. The number of hydrogen-bond donors (Lipinski definition) is 1. The van der Waals surface area contributed by atoms with Crippen molar-refractivity contribution in [2.75, 3.05) is 11.9 Å². The summed E-state index contributed by atoms with van der Waals surface area (Å²) in [6, 6.07) is 6.15. The van der Waals surface area contributed by atoms with Gasteiger partial charge in [0.1, 0.15) is 5.82 Å². The second-order valence-corrected chi connectivity index (χ2v) is 3.76. The van der Waals surface area contributed by atoms with Crippen LogP contribution >= 0.6 is 0 Å². The maximum atomic E-state index is 13.4. The second-order valence-electron chi connectivity index (χ2n) is 3.76. The highest BCUT2D eigenvalue weighted by Gasteiger charge is 2.18. The van der Waals surface area contributed by atoms with Crippen LogP contribution in [0.15, 0.2) is 28.7 Å². The number of benzene rings is 1. The van der Waals surface area contributed by atoms with E-state index in [4.69, 9.17) is 9.15 Å². The summed E-state index contributed by atoms with van der Waals surface area (Å²) in [6.07, 6.45) is 0. The van der Waals surface area contributed by atoms with Gasteiger partial charge in [-0.1, -0.05) is 12.1 Å². The number of aryl methyl sites for hydroxylation is 1. The van der Waals surface area contributed by atoms with Gasteiger partial charge in [-0.2, -0.15) is 4.98 Å². The Bertz CT molecular complexity index is 595. The molecule has 0 aliphatic rings. The van der Waals surface area contributed by atoms with Gasteiger partial charge in [0, 0.05) is 0 Å². The van der Waals surface area contributed by atoms with Crippen LogP contribution in [0.4, 0.5) is 16.1 Å². The van der Waals surface area contributed by atoms with Crippen molar-refractivity contribution >= 4 is 17.7 Å². The average molecular weight is 264 g/mol. The molecular formula is C13H13FN2O3. The number of rotatable bonds is 4. The SMILES string of the molecule is CCOC(=O)c1oc(Nc2ccccc2F)nc1C. The van der Waals surface area contributed by atoms with Crippen molar-refractivity contribution in [3.8, 4) is 0 Å². The van der Waals surface area contributed by atoms with Gasteiger partial charge in [0.2, 0.25) is 5.76 Å². The van der Waals surface area contributed by atoms with Gasteiger partial charge < -0.3 is 14.5 Å². The van der Waals surface area contributed by atoms with E-state index in [-0.39, 0.29) is 24.1 Å². The minimum atomic E-state index is -0.589. The first-order chi connectivity index (χ1) is 9.11. The van der Waals surface area contributed by atoms with Gasteiger partial charge >= 0.3 is 5.97 Å². The van der Waals surface area contributed by atoms with Crippen LogP contribution in [0.5, 0.6) is 0 Å². The molecule has 0 spiro atoms. The van der Waals surface area contributed by atoms with Crippen molar-refractivity contribution in [2.45, 2.75) is 13.8 Å². The minimum Gasteiger partial charge on any atom is -0.460 e. The highest BCUT2D eigenvalue weighted by atomic mass is 19.1. The second kappa shape index (κ2) is 5.51. The van der Waals surface area contributed by atoms with Gasteiger partial charge in [0.15, 0.2) is 0 Å². The molecule has 0 radical (unpaired) electrons. The third-order valence-corrected chi connectivity index (χ3v) is 2.37. The molecule has 0 bridgehead atoms. The van der Waals surface area contributed by atoms with E-state index in [2.05, 4.69) is 10.3 Å². The van der Waals surface area contributed by atoms with Crippen molar-refractivity contribution in [3.05, 3.63) is 41.5 Å². The molecule has 0 aliphatic carbocycles. The number of para-hydroxylation sites is 1. The Morgan fingerprint density at radius 3 is 2.89 bits per heavy atom. The van der Waals surface area contributed by atoms with E-state index in [1.165, 1.54) is 6.07 Å². The van der Waals surface area contributed by atoms with E-state index < -0.39 is 11.8 Å². The molecule has 0 atom stereocenters. The number of ether oxygens (including phenoxy) is 1. The van der Waals surface area contributed by atoms with Crippen LogP contribution in [0, 0.1) is 12.7 Å². The molecule has 6 heteroatoms. The molecule has 1 aromatic heterocycles. The fourth-order valence-electron chi connectivity index (χ4n) is 1.51. The zero-order valence-corrected chi connectivity index (χ0v) is 10.6. The van der Waals surface area contributed by atoms with Crippen molar-refractivity contribution < 1.29 is 18.3 Å². The third kappa shape index (κ3) is 2.90. The zero-order chi connectivity index (χ0) is 13.8. The highest BCUT2D eigenvalue weighted by Crippen LogP contribution is 2.21. The lowest BCUT2D eigenvalue weighted by atomic mass is 10.3. The van der Waals surface area contributed by atoms with Gasteiger partial charge in [0.05, 0.1) is 18.0 Å². The van der Waals surface area contributed by atoms with E-state index in [9.17, 15) is 9.18 Å². The molecule has 100 valence electrons. The number of esters is 1. The van der Waals surface area contributed by atoms with Crippen molar-refractivity contribution in [3.63, 3.8) is 0 Å². The van der Waals surface area contributed by atoms with Crippen LogP contribution in [-0.2, 0) is 4.74 Å². The number of carbonyl (C=O) groups excluding carboxylic acids is 1. The monoisotopic (exact) mass is 264 g/mol. The fraction of sp³-hybridized carbons (Fsp3) is 0.231. The summed E-state index contributed by atoms with van der Waals surface area (Å²) in [5.74, 6) is -1.01. The molecule has 1 aromatic carbocycles. The topological polar surface area (TPSA) is 64.4 Å². The lowest BCUT2D eigenvalue weighted by Gasteiger charge is -2.02. The molecule has 0 saturated heterocycles. The van der Waals surface area contributed by atoms with Crippen molar-refractivity contribution in [2.24, 2.45) is 0 Å². The summed E-state index contributed by atoms with van der Waals surface area (Å²) >= 11 is 0. The van der Waals surface area contributed by atoms with E-state index in [0.717, 1.165) is 0 Å². The highest BCUT2D eigenvalue weighted by molar-refractivity contribution is 5.87. The normalized spacial score (nSPS) is 10.3. The number of oxazole rings is 1. The summed E-state index contributed by atoms with van der Waals surface area (Å²) < 4.78 is 23.5. The predicted octanol–water partition coefficient (Wildman–Crippen LogP) is 3.04. The maximum Gasteiger partial charge on any atom is 0.376 e. The third-order valence-electron chi connectivity index (χ3n) is 2.37. The molecule has 0 unspecified atom stereocenters. The van der Waals surface area contributed by atoms with Gasteiger partial charge in [0.25, 0.3) is 6.01 Å². The van der Waals surface area contributed by atoms with Gasteiger partial charge in [-0.3, -0.25) is 0 Å². The molecule has 5 nitrogen and oxygen atoms in total. The van der Waals surface area contributed by atoms with Crippen LogP contribution < -0.4 is 5.32 Å². The van der Waals surface area contributed by atoms with Crippen LogP contribution in [-0.4, -0.2) is 17.6 Å². The largest absolute Gasteiger partial charge is 0.460 e. The first kappa shape index (κ1) is 13.1. The fourth-order valence-corrected chi connectivity index (χ4v) is 1.51. The molecule has 19 heavy (non-hydrogen) atoms. The number of aromatic nitrogens is 1. The maximum absolute atomic E-state index is 13.4. The number of anilines is 2. The molecule has 2 aromatic rings. The van der Waals surface area contributed by atoms with Crippen molar-refractivity contribution in [1.82, 2.24) is 4.98 Å². The Hall–Kier alpha value is -2.37. The molecule has 0 saturated carbocycles. The molecular weight excluding hydrogens is 251 g/mol.